The van der Waals surface area contributed by atoms with Crippen molar-refractivity contribution in [2.75, 3.05) is 33.3 Å². The maximum absolute atomic E-state index is 9.84. The molecule has 4 nitrogen and oxygen atoms in total. The highest BCUT2D eigenvalue weighted by Crippen LogP contribution is 2.36. The lowest BCUT2D eigenvalue weighted by Gasteiger charge is -2.31. The number of nitrogens with one attached hydrogen (secondary N) is 1. The van der Waals surface area contributed by atoms with Gasteiger partial charge in [0.25, 0.3) is 0 Å². The van der Waals surface area contributed by atoms with Gasteiger partial charge >= 0.3 is 0 Å². The van der Waals surface area contributed by atoms with Crippen LogP contribution in [0.2, 0.25) is 0 Å². The quantitative estimate of drug-likeness (QED) is 0.862. The van der Waals surface area contributed by atoms with Gasteiger partial charge in [-0.05, 0) is 37.1 Å². The van der Waals surface area contributed by atoms with Gasteiger partial charge in [-0.1, -0.05) is 12.1 Å². The van der Waals surface area contributed by atoms with E-state index in [-0.39, 0.29) is 6.10 Å². The minimum absolute atomic E-state index is 0.278. The lowest BCUT2D eigenvalue weighted by Crippen LogP contribution is -2.45. The fraction of sp³-hybridized carbons (Fsp3) is 0.600. The standard InChI is InChI=1S/C15H22N2O2/c1-17-7-8-19-11(10-17)9-16-14-6-5-13-12(14)3-2-4-15(13)18/h2-4,11,14,16,18H,5-10H2,1H3. The molecule has 2 unspecified atom stereocenters. The van der Waals surface area contributed by atoms with Crippen molar-refractivity contribution in [3.8, 4) is 5.75 Å². The second-order valence-electron chi connectivity index (χ2n) is 5.60. The lowest BCUT2D eigenvalue weighted by atomic mass is 10.1. The first kappa shape index (κ1) is 12.9. The number of nitrogens with zero attached hydrogens (tertiary/aromatic N) is 1. The van der Waals surface area contributed by atoms with E-state index in [1.807, 2.05) is 6.07 Å². The van der Waals surface area contributed by atoms with E-state index in [0.717, 1.165) is 44.6 Å². The Morgan fingerprint density at radius 3 is 3.21 bits per heavy atom. The number of phenols is 1. The van der Waals surface area contributed by atoms with Crippen molar-refractivity contribution in [1.29, 1.82) is 0 Å². The van der Waals surface area contributed by atoms with Crippen molar-refractivity contribution in [1.82, 2.24) is 10.2 Å². The molecule has 104 valence electrons. The Morgan fingerprint density at radius 2 is 2.37 bits per heavy atom. The number of hydrogen-bond acceptors (Lipinski definition) is 4. The molecule has 2 aliphatic rings. The van der Waals surface area contributed by atoms with E-state index in [1.54, 1.807) is 6.07 Å². The molecule has 1 aromatic carbocycles. The molecule has 3 rings (SSSR count). The smallest absolute Gasteiger partial charge is 0.119 e. The highest BCUT2D eigenvalue weighted by Gasteiger charge is 2.26. The average Bonchev–Trinajstić information content (AvgIpc) is 2.81. The average molecular weight is 262 g/mol. The van der Waals surface area contributed by atoms with Gasteiger partial charge < -0.3 is 20.1 Å². The molecular weight excluding hydrogens is 240 g/mol. The summed E-state index contributed by atoms with van der Waals surface area (Å²) in [5, 5.41) is 13.4. The van der Waals surface area contributed by atoms with Crippen LogP contribution >= 0.6 is 0 Å². The molecule has 1 aliphatic carbocycles. The molecule has 19 heavy (non-hydrogen) atoms. The van der Waals surface area contributed by atoms with Crippen LogP contribution in [0.4, 0.5) is 0 Å². The van der Waals surface area contributed by atoms with Gasteiger partial charge in [0.15, 0.2) is 0 Å². The summed E-state index contributed by atoms with van der Waals surface area (Å²) in [5.41, 5.74) is 2.37. The summed E-state index contributed by atoms with van der Waals surface area (Å²) >= 11 is 0. The minimum Gasteiger partial charge on any atom is -0.508 e. The van der Waals surface area contributed by atoms with Gasteiger partial charge in [-0.2, -0.15) is 0 Å². The second kappa shape index (κ2) is 5.49. The first-order chi connectivity index (χ1) is 9.24. The molecule has 2 atom stereocenters. The molecule has 2 N–H and O–H groups in total. The number of aromatic hydroxyl groups is 1. The number of likely N-dealkylation sites (N-methyl/N-ethyl adjacent to an activating group) is 1. The van der Waals surface area contributed by atoms with Crippen molar-refractivity contribution >= 4 is 0 Å². The van der Waals surface area contributed by atoms with E-state index in [4.69, 9.17) is 4.74 Å². The Balaban J connectivity index is 1.59. The predicted octanol–water partition coefficient (Wildman–Crippen LogP) is 1.30. The summed E-state index contributed by atoms with van der Waals surface area (Å²) in [6.45, 7) is 3.72. The summed E-state index contributed by atoms with van der Waals surface area (Å²) in [4.78, 5) is 2.31. The van der Waals surface area contributed by atoms with Crippen molar-refractivity contribution in [2.24, 2.45) is 0 Å². The van der Waals surface area contributed by atoms with Gasteiger partial charge in [-0.15, -0.1) is 0 Å². The van der Waals surface area contributed by atoms with Crippen molar-refractivity contribution in [3.05, 3.63) is 29.3 Å². The molecule has 0 saturated carbocycles. The Bertz CT molecular complexity index is 450. The minimum atomic E-state index is 0.278. The molecule has 0 amide bonds. The molecular formula is C15H22N2O2. The monoisotopic (exact) mass is 262 g/mol. The number of phenolic OH excluding ortho intramolecular Hbond substituents is 1. The maximum Gasteiger partial charge on any atom is 0.119 e. The van der Waals surface area contributed by atoms with Crippen LogP contribution in [0.25, 0.3) is 0 Å². The molecule has 1 aliphatic heterocycles. The number of fused-ring (bicyclic) bond motifs is 1. The van der Waals surface area contributed by atoms with Crippen LogP contribution < -0.4 is 5.32 Å². The fourth-order valence-corrected chi connectivity index (χ4v) is 3.11. The topological polar surface area (TPSA) is 44.7 Å². The lowest BCUT2D eigenvalue weighted by molar-refractivity contribution is -0.0192. The molecule has 1 fully saturated rings. The van der Waals surface area contributed by atoms with E-state index in [0.29, 0.717) is 11.8 Å². The van der Waals surface area contributed by atoms with Crippen LogP contribution in [0.3, 0.4) is 0 Å². The molecule has 1 heterocycles. The molecule has 1 aromatic rings. The molecule has 0 spiro atoms. The largest absolute Gasteiger partial charge is 0.508 e. The van der Waals surface area contributed by atoms with Crippen molar-refractivity contribution < 1.29 is 9.84 Å². The number of hydrogen-bond donors (Lipinski definition) is 2. The number of ether oxygens (including phenoxy) is 1. The number of rotatable bonds is 3. The first-order valence-corrected chi connectivity index (χ1v) is 7.08. The third kappa shape index (κ3) is 2.76. The normalized spacial score (nSPS) is 27.4. The third-order valence-electron chi connectivity index (χ3n) is 4.18. The highest BCUT2D eigenvalue weighted by atomic mass is 16.5. The Labute approximate surface area is 114 Å². The summed E-state index contributed by atoms with van der Waals surface area (Å²) in [6.07, 6.45) is 2.31. The van der Waals surface area contributed by atoms with Crippen LogP contribution in [0, 0.1) is 0 Å². The zero-order valence-corrected chi connectivity index (χ0v) is 11.4. The highest BCUT2D eigenvalue weighted by molar-refractivity contribution is 5.44. The van der Waals surface area contributed by atoms with Crippen molar-refractivity contribution in [3.63, 3.8) is 0 Å². The number of morpholine rings is 1. The molecule has 0 bridgehead atoms. The van der Waals surface area contributed by atoms with Crippen LogP contribution in [-0.2, 0) is 11.2 Å². The van der Waals surface area contributed by atoms with Gasteiger partial charge in [0.05, 0.1) is 12.7 Å². The Hall–Kier alpha value is -1.10. The van der Waals surface area contributed by atoms with E-state index < -0.39 is 0 Å². The van der Waals surface area contributed by atoms with Gasteiger partial charge in [-0.3, -0.25) is 0 Å². The van der Waals surface area contributed by atoms with E-state index >= 15 is 0 Å². The summed E-state index contributed by atoms with van der Waals surface area (Å²) in [6, 6.07) is 6.19. The third-order valence-corrected chi connectivity index (χ3v) is 4.18. The van der Waals surface area contributed by atoms with Gasteiger partial charge in [0.2, 0.25) is 0 Å². The van der Waals surface area contributed by atoms with E-state index in [2.05, 4.69) is 23.3 Å². The zero-order chi connectivity index (χ0) is 13.2. The van der Waals surface area contributed by atoms with E-state index in [9.17, 15) is 5.11 Å². The van der Waals surface area contributed by atoms with E-state index in [1.165, 1.54) is 5.56 Å². The van der Waals surface area contributed by atoms with Crippen LogP contribution in [-0.4, -0.2) is 49.4 Å². The van der Waals surface area contributed by atoms with Gasteiger partial charge in [-0.25, -0.2) is 0 Å². The summed E-state index contributed by atoms with van der Waals surface area (Å²) in [7, 11) is 2.14. The van der Waals surface area contributed by atoms with Crippen LogP contribution in [0.15, 0.2) is 18.2 Å². The van der Waals surface area contributed by atoms with Crippen LogP contribution in [0.5, 0.6) is 5.75 Å². The molecule has 0 radical (unpaired) electrons. The van der Waals surface area contributed by atoms with Gasteiger partial charge in [0.1, 0.15) is 5.75 Å². The summed E-state index contributed by atoms with van der Waals surface area (Å²) in [5.74, 6) is 0.440. The first-order valence-electron chi connectivity index (χ1n) is 7.08. The number of benzene rings is 1. The van der Waals surface area contributed by atoms with Crippen molar-refractivity contribution in [2.45, 2.75) is 25.0 Å². The Morgan fingerprint density at radius 1 is 1.47 bits per heavy atom. The zero-order valence-electron chi connectivity index (χ0n) is 11.4. The SMILES string of the molecule is CN1CCOC(CNC2CCc3c(O)cccc32)C1. The molecule has 1 saturated heterocycles. The second-order valence-corrected chi connectivity index (χ2v) is 5.60. The fourth-order valence-electron chi connectivity index (χ4n) is 3.11. The summed E-state index contributed by atoms with van der Waals surface area (Å²) < 4.78 is 5.77. The predicted molar refractivity (Wildman–Crippen MR) is 74.4 cm³/mol. The maximum atomic E-state index is 9.84. The molecule has 4 heteroatoms. The van der Waals surface area contributed by atoms with Crippen LogP contribution in [0.1, 0.15) is 23.6 Å². The Kier molecular flexibility index (Phi) is 3.73. The molecule has 0 aromatic heterocycles. The van der Waals surface area contributed by atoms with Gasteiger partial charge in [0, 0.05) is 25.7 Å².